The van der Waals surface area contributed by atoms with Crippen molar-refractivity contribution in [3.63, 3.8) is 0 Å². The lowest BCUT2D eigenvalue weighted by atomic mass is 9.92. The normalized spacial score (nSPS) is 26.5. The molecule has 2 heterocycles. The molecule has 1 aromatic heterocycles. The number of amides is 1. The molecule has 2 N–H and O–H groups in total. The molecule has 0 saturated carbocycles. The summed E-state index contributed by atoms with van der Waals surface area (Å²) < 4.78 is 0. The molecule has 0 aliphatic carbocycles. The van der Waals surface area contributed by atoms with Crippen LogP contribution in [0.2, 0.25) is 0 Å². The highest BCUT2D eigenvalue weighted by molar-refractivity contribution is 7.09. The number of nitrogens with one attached hydrogen (secondary N) is 2. The second kappa shape index (κ2) is 5.60. The van der Waals surface area contributed by atoms with Crippen LogP contribution in [0.1, 0.15) is 37.7 Å². The summed E-state index contributed by atoms with van der Waals surface area (Å²) in [4.78, 5) is 16.3. The molecule has 94 valence electrons. The molecule has 3 atom stereocenters. The summed E-state index contributed by atoms with van der Waals surface area (Å²) in [6.07, 6.45) is 4.05. The van der Waals surface area contributed by atoms with E-state index in [0.717, 1.165) is 24.4 Å². The second-order valence-corrected chi connectivity index (χ2v) is 5.58. The molecule has 0 aromatic carbocycles. The number of hydrogen-bond acceptors (Lipinski definition) is 4. The van der Waals surface area contributed by atoms with Crippen LogP contribution in [0.5, 0.6) is 0 Å². The zero-order valence-corrected chi connectivity index (χ0v) is 11.1. The van der Waals surface area contributed by atoms with E-state index in [4.69, 9.17) is 0 Å². The van der Waals surface area contributed by atoms with E-state index in [9.17, 15) is 4.79 Å². The van der Waals surface area contributed by atoms with Gasteiger partial charge < -0.3 is 10.6 Å². The van der Waals surface area contributed by atoms with Crippen molar-refractivity contribution in [2.24, 2.45) is 5.92 Å². The molecular formula is C12H19N3OS. The molecule has 1 amide bonds. The number of carbonyl (C=O) groups is 1. The maximum atomic E-state index is 12.1. The average Bonchev–Trinajstić information content (AvgIpc) is 2.82. The number of carbonyl (C=O) groups excluding carboxylic acids is 1. The van der Waals surface area contributed by atoms with E-state index in [1.165, 1.54) is 0 Å². The number of hydrogen-bond donors (Lipinski definition) is 2. The van der Waals surface area contributed by atoms with Crippen LogP contribution in [0, 0.1) is 5.92 Å². The molecule has 1 fully saturated rings. The van der Waals surface area contributed by atoms with Crippen LogP contribution in [0.4, 0.5) is 0 Å². The Morgan fingerprint density at radius 2 is 2.53 bits per heavy atom. The third-order valence-corrected chi connectivity index (χ3v) is 4.19. The Balaban J connectivity index is 1.92. The number of rotatable bonds is 3. The van der Waals surface area contributed by atoms with Crippen LogP contribution >= 0.6 is 11.3 Å². The quantitative estimate of drug-likeness (QED) is 0.862. The van der Waals surface area contributed by atoms with E-state index in [2.05, 4.69) is 22.5 Å². The summed E-state index contributed by atoms with van der Waals surface area (Å²) in [7, 11) is 0. The van der Waals surface area contributed by atoms with Gasteiger partial charge in [-0.2, -0.15) is 0 Å². The third kappa shape index (κ3) is 3.04. The second-order valence-electron chi connectivity index (χ2n) is 4.65. The fourth-order valence-electron chi connectivity index (χ4n) is 2.21. The van der Waals surface area contributed by atoms with Crippen molar-refractivity contribution in [2.45, 2.75) is 38.8 Å². The maximum absolute atomic E-state index is 12.1. The minimum absolute atomic E-state index is 0.00146. The molecule has 1 aliphatic heterocycles. The summed E-state index contributed by atoms with van der Waals surface area (Å²) in [6, 6.07) is -0.0513. The van der Waals surface area contributed by atoms with Crippen molar-refractivity contribution in [1.29, 1.82) is 0 Å². The Hall–Kier alpha value is -0.940. The lowest BCUT2D eigenvalue weighted by molar-refractivity contribution is -0.125. The van der Waals surface area contributed by atoms with E-state index < -0.39 is 0 Å². The van der Waals surface area contributed by atoms with E-state index in [-0.39, 0.29) is 18.0 Å². The van der Waals surface area contributed by atoms with E-state index in [1.54, 1.807) is 17.5 Å². The van der Waals surface area contributed by atoms with Gasteiger partial charge in [0, 0.05) is 11.6 Å². The summed E-state index contributed by atoms with van der Waals surface area (Å²) in [5.41, 5.74) is 0. The van der Waals surface area contributed by atoms with Gasteiger partial charge in [0.1, 0.15) is 5.01 Å². The van der Waals surface area contributed by atoms with Gasteiger partial charge in [0.05, 0.1) is 12.1 Å². The largest absolute Gasteiger partial charge is 0.346 e. The van der Waals surface area contributed by atoms with Crippen LogP contribution in [0.3, 0.4) is 0 Å². The molecule has 2 rings (SSSR count). The predicted molar refractivity (Wildman–Crippen MR) is 68.9 cm³/mol. The van der Waals surface area contributed by atoms with Crippen molar-refractivity contribution in [3.05, 3.63) is 16.6 Å². The number of aromatic nitrogens is 1. The van der Waals surface area contributed by atoms with Crippen LogP contribution in [0.25, 0.3) is 0 Å². The monoisotopic (exact) mass is 253 g/mol. The van der Waals surface area contributed by atoms with Gasteiger partial charge in [-0.05, 0) is 32.2 Å². The van der Waals surface area contributed by atoms with Gasteiger partial charge in [0.15, 0.2) is 0 Å². The summed E-state index contributed by atoms with van der Waals surface area (Å²) in [5.74, 6) is 0.507. The SMILES string of the molecule is CC(NC(=O)C1NCCCC1C)c1nccs1. The van der Waals surface area contributed by atoms with Crippen LogP contribution < -0.4 is 10.6 Å². The van der Waals surface area contributed by atoms with Gasteiger partial charge in [-0.3, -0.25) is 4.79 Å². The Kier molecular flexibility index (Phi) is 4.12. The highest BCUT2D eigenvalue weighted by Crippen LogP contribution is 2.18. The Labute approximate surface area is 106 Å². The number of piperidine rings is 1. The first-order valence-corrected chi connectivity index (χ1v) is 6.99. The molecule has 0 spiro atoms. The summed E-state index contributed by atoms with van der Waals surface area (Å²) in [6.45, 7) is 5.04. The molecule has 17 heavy (non-hydrogen) atoms. The van der Waals surface area contributed by atoms with Crippen molar-refractivity contribution in [3.8, 4) is 0 Å². The highest BCUT2D eigenvalue weighted by atomic mass is 32.1. The van der Waals surface area contributed by atoms with E-state index >= 15 is 0 Å². The first kappa shape index (κ1) is 12.5. The zero-order chi connectivity index (χ0) is 12.3. The van der Waals surface area contributed by atoms with Gasteiger partial charge in [-0.1, -0.05) is 6.92 Å². The Morgan fingerprint density at radius 3 is 3.18 bits per heavy atom. The van der Waals surface area contributed by atoms with E-state index in [1.807, 2.05) is 12.3 Å². The molecule has 0 bridgehead atoms. The molecule has 1 aliphatic rings. The maximum Gasteiger partial charge on any atom is 0.237 e. The average molecular weight is 253 g/mol. The van der Waals surface area contributed by atoms with Gasteiger partial charge >= 0.3 is 0 Å². The van der Waals surface area contributed by atoms with Crippen LogP contribution in [0.15, 0.2) is 11.6 Å². The number of nitrogens with zero attached hydrogens (tertiary/aromatic N) is 1. The van der Waals surface area contributed by atoms with Gasteiger partial charge in [0.25, 0.3) is 0 Å². The standard InChI is InChI=1S/C12H19N3OS/c1-8-4-3-5-13-10(8)11(16)15-9(2)12-14-6-7-17-12/h6-10,13H,3-5H2,1-2H3,(H,15,16). The van der Waals surface area contributed by atoms with Gasteiger partial charge in [-0.25, -0.2) is 4.98 Å². The molecular weight excluding hydrogens is 234 g/mol. The first-order chi connectivity index (χ1) is 8.18. The fourth-order valence-corrected chi connectivity index (χ4v) is 2.86. The summed E-state index contributed by atoms with van der Waals surface area (Å²) in [5, 5.41) is 9.21. The smallest absolute Gasteiger partial charge is 0.237 e. The predicted octanol–water partition coefficient (Wildman–Crippen LogP) is 1.71. The molecule has 4 nitrogen and oxygen atoms in total. The van der Waals surface area contributed by atoms with E-state index in [0.29, 0.717) is 5.92 Å². The van der Waals surface area contributed by atoms with Crippen LogP contribution in [-0.4, -0.2) is 23.5 Å². The van der Waals surface area contributed by atoms with Crippen molar-refractivity contribution in [2.75, 3.05) is 6.54 Å². The topological polar surface area (TPSA) is 54.0 Å². The van der Waals surface area contributed by atoms with Crippen molar-refractivity contribution in [1.82, 2.24) is 15.6 Å². The van der Waals surface area contributed by atoms with Crippen LogP contribution in [-0.2, 0) is 4.79 Å². The third-order valence-electron chi connectivity index (χ3n) is 3.23. The first-order valence-electron chi connectivity index (χ1n) is 6.11. The minimum Gasteiger partial charge on any atom is -0.346 e. The van der Waals surface area contributed by atoms with Gasteiger partial charge in [0.2, 0.25) is 5.91 Å². The Bertz CT molecular complexity index is 366. The molecule has 1 aromatic rings. The number of thiazole rings is 1. The molecule has 5 heteroatoms. The van der Waals surface area contributed by atoms with Gasteiger partial charge in [-0.15, -0.1) is 11.3 Å². The summed E-state index contributed by atoms with van der Waals surface area (Å²) >= 11 is 1.57. The minimum atomic E-state index is -0.0498. The fraction of sp³-hybridized carbons (Fsp3) is 0.667. The zero-order valence-electron chi connectivity index (χ0n) is 10.3. The molecule has 3 unspecified atom stereocenters. The Morgan fingerprint density at radius 1 is 1.71 bits per heavy atom. The lowest BCUT2D eigenvalue weighted by Crippen LogP contribution is -2.51. The van der Waals surface area contributed by atoms with Crippen molar-refractivity contribution >= 4 is 17.2 Å². The highest BCUT2D eigenvalue weighted by Gasteiger charge is 2.28. The molecule has 1 saturated heterocycles. The molecule has 0 radical (unpaired) electrons. The van der Waals surface area contributed by atoms with Crippen molar-refractivity contribution < 1.29 is 4.79 Å². The lowest BCUT2D eigenvalue weighted by Gasteiger charge is -2.29.